The molecule has 0 saturated carbocycles. The number of Topliss-reactive ketones (excluding diaryl/α,β-unsaturated/α-hetero) is 1. The van der Waals surface area contributed by atoms with E-state index in [9.17, 15) is 4.79 Å². The molecule has 2 nitrogen and oxygen atoms in total. The number of thioether (sulfide) groups is 1. The third kappa shape index (κ3) is 3.44. The Bertz CT molecular complexity index is 549. The molecule has 2 rings (SSSR count). The van der Waals surface area contributed by atoms with E-state index in [0.29, 0.717) is 11.3 Å². The van der Waals surface area contributed by atoms with Crippen molar-refractivity contribution in [2.75, 3.05) is 5.75 Å². The number of rotatable bonds is 4. The summed E-state index contributed by atoms with van der Waals surface area (Å²) < 4.78 is 0. The zero-order chi connectivity index (χ0) is 13.0. The summed E-state index contributed by atoms with van der Waals surface area (Å²) >= 11 is 1.56. The molecule has 0 aliphatic heterocycles. The Morgan fingerprint density at radius 3 is 2.72 bits per heavy atom. The molecule has 0 atom stereocenters. The molecular formula is C15H15NOS. The molecule has 1 aromatic carbocycles. The number of hydrogen-bond donors (Lipinski definition) is 0. The van der Waals surface area contributed by atoms with Crippen LogP contribution in [-0.4, -0.2) is 16.5 Å². The molecule has 2 aromatic rings. The van der Waals surface area contributed by atoms with Gasteiger partial charge < -0.3 is 0 Å². The molecule has 0 bridgehead atoms. The van der Waals surface area contributed by atoms with Crippen LogP contribution < -0.4 is 0 Å². The quantitative estimate of drug-likeness (QED) is 0.618. The standard InChI is InChI=1S/C15H15NOS/c1-11-4-3-5-14(8-11)18-10-15(17)13-7-6-12(2)16-9-13/h3-9H,10H2,1-2H3. The number of aromatic nitrogens is 1. The van der Waals surface area contributed by atoms with Crippen LogP contribution in [0.5, 0.6) is 0 Å². The van der Waals surface area contributed by atoms with Gasteiger partial charge >= 0.3 is 0 Å². The number of ketones is 1. The molecule has 0 fully saturated rings. The van der Waals surface area contributed by atoms with Gasteiger partial charge in [0.25, 0.3) is 0 Å². The molecule has 0 saturated heterocycles. The van der Waals surface area contributed by atoms with Crippen LogP contribution in [0, 0.1) is 13.8 Å². The average molecular weight is 257 g/mol. The lowest BCUT2D eigenvalue weighted by atomic mass is 10.2. The van der Waals surface area contributed by atoms with Crippen molar-refractivity contribution in [3.8, 4) is 0 Å². The van der Waals surface area contributed by atoms with Crippen molar-refractivity contribution in [1.82, 2.24) is 4.98 Å². The molecule has 1 heterocycles. The first-order chi connectivity index (χ1) is 8.65. The van der Waals surface area contributed by atoms with Crippen LogP contribution in [0.25, 0.3) is 0 Å². The van der Waals surface area contributed by atoms with Crippen molar-refractivity contribution >= 4 is 17.5 Å². The van der Waals surface area contributed by atoms with Crippen molar-refractivity contribution in [2.45, 2.75) is 18.7 Å². The highest BCUT2D eigenvalue weighted by Crippen LogP contribution is 2.20. The van der Waals surface area contributed by atoms with Gasteiger partial charge in [-0.1, -0.05) is 17.7 Å². The van der Waals surface area contributed by atoms with E-state index in [2.05, 4.69) is 24.0 Å². The van der Waals surface area contributed by atoms with E-state index < -0.39 is 0 Å². The number of carbonyl (C=O) groups excluding carboxylic acids is 1. The maximum atomic E-state index is 12.0. The first-order valence-electron chi connectivity index (χ1n) is 5.80. The highest BCUT2D eigenvalue weighted by Gasteiger charge is 2.06. The molecule has 1 aromatic heterocycles. The number of nitrogens with zero attached hydrogens (tertiary/aromatic N) is 1. The molecule has 3 heteroatoms. The minimum Gasteiger partial charge on any atom is -0.293 e. The van der Waals surface area contributed by atoms with Crippen molar-refractivity contribution < 1.29 is 4.79 Å². The van der Waals surface area contributed by atoms with Gasteiger partial charge in [-0.05, 0) is 38.1 Å². The van der Waals surface area contributed by atoms with Gasteiger partial charge in [0, 0.05) is 22.3 Å². The van der Waals surface area contributed by atoms with Crippen molar-refractivity contribution in [3.63, 3.8) is 0 Å². The van der Waals surface area contributed by atoms with Crippen LogP contribution in [0.1, 0.15) is 21.6 Å². The van der Waals surface area contributed by atoms with Gasteiger partial charge in [-0.3, -0.25) is 9.78 Å². The SMILES string of the molecule is Cc1cccc(SCC(=O)c2ccc(C)nc2)c1. The van der Waals surface area contributed by atoms with Crippen molar-refractivity contribution in [2.24, 2.45) is 0 Å². The zero-order valence-electron chi connectivity index (χ0n) is 10.5. The van der Waals surface area contributed by atoms with Gasteiger partial charge in [0.15, 0.2) is 5.78 Å². The summed E-state index contributed by atoms with van der Waals surface area (Å²) in [4.78, 5) is 17.2. The lowest BCUT2D eigenvalue weighted by molar-refractivity contribution is 0.102. The van der Waals surface area contributed by atoms with Crippen LogP contribution in [-0.2, 0) is 0 Å². The maximum Gasteiger partial charge on any atom is 0.174 e. The van der Waals surface area contributed by atoms with Gasteiger partial charge in [0.05, 0.1) is 5.75 Å². The second-order valence-corrected chi connectivity index (χ2v) is 5.27. The third-order valence-electron chi connectivity index (χ3n) is 2.59. The Morgan fingerprint density at radius 1 is 1.22 bits per heavy atom. The Hall–Kier alpha value is -1.61. The Labute approximate surface area is 111 Å². The Kier molecular flexibility index (Phi) is 4.15. The number of hydrogen-bond acceptors (Lipinski definition) is 3. The average Bonchev–Trinajstić information content (AvgIpc) is 2.37. The summed E-state index contributed by atoms with van der Waals surface area (Å²) in [6, 6.07) is 11.9. The summed E-state index contributed by atoms with van der Waals surface area (Å²) in [5.41, 5.74) is 2.82. The van der Waals surface area contributed by atoms with Gasteiger partial charge in [0.2, 0.25) is 0 Å². The molecule has 0 amide bonds. The maximum absolute atomic E-state index is 12.0. The van der Waals surface area contributed by atoms with Crippen LogP contribution in [0.4, 0.5) is 0 Å². The van der Waals surface area contributed by atoms with Crippen LogP contribution in [0.3, 0.4) is 0 Å². The summed E-state index contributed by atoms with van der Waals surface area (Å²) in [6.45, 7) is 3.96. The molecule has 0 aliphatic rings. The van der Waals surface area contributed by atoms with Gasteiger partial charge in [-0.2, -0.15) is 0 Å². The normalized spacial score (nSPS) is 10.3. The molecule has 18 heavy (non-hydrogen) atoms. The molecule has 0 spiro atoms. The van der Waals surface area contributed by atoms with Crippen LogP contribution in [0.2, 0.25) is 0 Å². The monoisotopic (exact) mass is 257 g/mol. The molecule has 0 N–H and O–H groups in total. The summed E-state index contributed by atoms with van der Waals surface area (Å²) in [7, 11) is 0. The number of benzene rings is 1. The van der Waals surface area contributed by atoms with E-state index in [-0.39, 0.29) is 5.78 Å². The van der Waals surface area contributed by atoms with Crippen molar-refractivity contribution in [1.29, 1.82) is 0 Å². The largest absolute Gasteiger partial charge is 0.293 e. The summed E-state index contributed by atoms with van der Waals surface area (Å²) in [5, 5.41) is 0. The Morgan fingerprint density at radius 2 is 2.06 bits per heavy atom. The minimum absolute atomic E-state index is 0.119. The second kappa shape index (κ2) is 5.83. The van der Waals surface area contributed by atoms with Gasteiger partial charge in [0.1, 0.15) is 0 Å². The molecule has 92 valence electrons. The van der Waals surface area contributed by atoms with E-state index in [4.69, 9.17) is 0 Å². The smallest absolute Gasteiger partial charge is 0.174 e. The predicted molar refractivity (Wildman–Crippen MR) is 75.2 cm³/mol. The van der Waals surface area contributed by atoms with E-state index in [1.54, 1.807) is 18.0 Å². The first-order valence-corrected chi connectivity index (χ1v) is 6.79. The summed E-state index contributed by atoms with van der Waals surface area (Å²) in [6.07, 6.45) is 1.65. The molecular weight excluding hydrogens is 242 g/mol. The number of pyridine rings is 1. The third-order valence-corrected chi connectivity index (χ3v) is 3.59. The van der Waals surface area contributed by atoms with Crippen molar-refractivity contribution in [3.05, 3.63) is 59.4 Å². The fourth-order valence-electron chi connectivity index (χ4n) is 1.57. The molecule has 0 radical (unpaired) electrons. The number of carbonyl (C=O) groups is 1. The van der Waals surface area contributed by atoms with E-state index in [0.717, 1.165) is 10.6 Å². The molecule has 0 unspecified atom stereocenters. The fraction of sp³-hybridized carbons (Fsp3) is 0.200. The fourth-order valence-corrected chi connectivity index (χ4v) is 2.48. The lowest BCUT2D eigenvalue weighted by Crippen LogP contribution is -2.03. The predicted octanol–water partition coefficient (Wildman–Crippen LogP) is 3.67. The van der Waals surface area contributed by atoms with E-state index in [1.807, 2.05) is 31.2 Å². The summed E-state index contributed by atoms with van der Waals surface area (Å²) in [5.74, 6) is 0.572. The zero-order valence-corrected chi connectivity index (χ0v) is 11.3. The highest BCUT2D eigenvalue weighted by molar-refractivity contribution is 8.00. The Balaban J connectivity index is 1.98. The molecule has 0 aliphatic carbocycles. The topological polar surface area (TPSA) is 30.0 Å². The highest BCUT2D eigenvalue weighted by atomic mass is 32.2. The second-order valence-electron chi connectivity index (χ2n) is 4.22. The van der Waals surface area contributed by atoms with Gasteiger partial charge in [-0.15, -0.1) is 11.8 Å². The minimum atomic E-state index is 0.119. The van der Waals surface area contributed by atoms with Crippen LogP contribution in [0.15, 0.2) is 47.5 Å². The first kappa shape index (κ1) is 12.8. The van der Waals surface area contributed by atoms with Gasteiger partial charge in [-0.25, -0.2) is 0 Å². The van der Waals surface area contributed by atoms with E-state index >= 15 is 0 Å². The van der Waals surface area contributed by atoms with Crippen LogP contribution >= 0.6 is 11.8 Å². The lowest BCUT2D eigenvalue weighted by Gasteiger charge is -2.03. The van der Waals surface area contributed by atoms with E-state index in [1.165, 1.54) is 5.56 Å². The number of aryl methyl sites for hydroxylation is 2.